The number of ether oxygens (including phenoxy) is 1. The molecule has 2 aromatic carbocycles. The van der Waals surface area contributed by atoms with E-state index in [-0.39, 0.29) is 23.5 Å². The van der Waals surface area contributed by atoms with Gasteiger partial charge in [-0.25, -0.2) is 8.78 Å². The quantitative estimate of drug-likeness (QED) is 0.376. The second kappa shape index (κ2) is 13.0. The molecule has 0 radical (unpaired) electrons. The van der Waals surface area contributed by atoms with Gasteiger partial charge in [0.1, 0.15) is 11.6 Å². The molecular weight excluding hydrogens is 434 g/mol. The SMILES string of the molecule is CCCOCCC1CCN(CC(=O)N(CC)c2cc(F)ccc2C(C)c2ccc(F)cc2)CC1. The van der Waals surface area contributed by atoms with Crippen molar-refractivity contribution in [3.8, 4) is 0 Å². The molecule has 1 atom stereocenters. The number of nitrogens with zero attached hydrogens (tertiary/aromatic N) is 2. The summed E-state index contributed by atoms with van der Waals surface area (Å²) in [6, 6.07) is 10.9. The summed E-state index contributed by atoms with van der Waals surface area (Å²) in [6.45, 7) is 10.2. The number of likely N-dealkylation sites (tertiary alicyclic amines) is 1. The minimum atomic E-state index is -0.373. The van der Waals surface area contributed by atoms with Crippen molar-refractivity contribution >= 4 is 11.6 Å². The second-order valence-corrected chi connectivity index (χ2v) is 9.23. The number of hydrogen-bond acceptors (Lipinski definition) is 3. The van der Waals surface area contributed by atoms with Crippen molar-refractivity contribution in [3.05, 3.63) is 65.2 Å². The lowest BCUT2D eigenvalue weighted by atomic mass is 9.91. The van der Waals surface area contributed by atoms with Crippen molar-refractivity contribution in [2.24, 2.45) is 5.92 Å². The molecule has 0 bridgehead atoms. The Bertz CT molecular complexity index is 911. The normalized spacial score (nSPS) is 15.9. The van der Waals surface area contributed by atoms with E-state index in [0.717, 1.165) is 63.1 Å². The third kappa shape index (κ3) is 7.09. The molecule has 1 saturated heterocycles. The lowest BCUT2D eigenvalue weighted by Crippen LogP contribution is -2.44. The van der Waals surface area contributed by atoms with Gasteiger partial charge in [-0.1, -0.05) is 32.0 Å². The van der Waals surface area contributed by atoms with E-state index in [2.05, 4.69) is 11.8 Å². The van der Waals surface area contributed by atoms with E-state index in [1.165, 1.54) is 24.3 Å². The molecule has 0 aromatic heterocycles. The maximum atomic E-state index is 14.3. The summed E-state index contributed by atoms with van der Waals surface area (Å²) in [7, 11) is 0. The number of carbonyl (C=O) groups excluding carboxylic acids is 1. The van der Waals surface area contributed by atoms with E-state index in [9.17, 15) is 13.6 Å². The van der Waals surface area contributed by atoms with Crippen LogP contribution >= 0.6 is 0 Å². The van der Waals surface area contributed by atoms with Gasteiger partial charge in [-0.3, -0.25) is 9.69 Å². The molecule has 1 aliphatic rings. The third-order valence-corrected chi connectivity index (χ3v) is 6.82. The Morgan fingerprint density at radius 1 is 1.06 bits per heavy atom. The average molecular weight is 473 g/mol. The van der Waals surface area contributed by atoms with Gasteiger partial charge in [0.05, 0.1) is 12.2 Å². The fourth-order valence-electron chi connectivity index (χ4n) is 4.74. The first-order chi connectivity index (χ1) is 16.4. The van der Waals surface area contributed by atoms with E-state index < -0.39 is 0 Å². The van der Waals surface area contributed by atoms with E-state index in [0.29, 0.717) is 24.7 Å². The molecule has 1 unspecified atom stereocenters. The number of halogens is 2. The first-order valence-electron chi connectivity index (χ1n) is 12.6. The fourth-order valence-corrected chi connectivity index (χ4v) is 4.74. The summed E-state index contributed by atoms with van der Waals surface area (Å²) in [4.78, 5) is 17.2. The summed E-state index contributed by atoms with van der Waals surface area (Å²) in [5, 5.41) is 0. The van der Waals surface area contributed by atoms with Crippen LogP contribution in [0.4, 0.5) is 14.5 Å². The molecular formula is C28H38F2N2O2. The first kappa shape index (κ1) is 26.3. The van der Waals surface area contributed by atoms with Gasteiger partial charge in [-0.05, 0) is 87.0 Å². The number of carbonyl (C=O) groups is 1. The van der Waals surface area contributed by atoms with Crippen molar-refractivity contribution in [1.82, 2.24) is 4.90 Å². The third-order valence-electron chi connectivity index (χ3n) is 6.82. The van der Waals surface area contributed by atoms with Gasteiger partial charge in [0.2, 0.25) is 5.91 Å². The highest BCUT2D eigenvalue weighted by Gasteiger charge is 2.25. The summed E-state index contributed by atoms with van der Waals surface area (Å²) < 4.78 is 33.3. The number of likely N-dealkylation sites (N-methyl/N-ethyl adjacent to an activating group) is 1. The predicted molar refractivity (Wildman–Crippen MR) is 133 cm³/mol. The van der Waals surface area contributed by atoms with Crippen LogP contribution in [-0.2, 0) is 9.53 Å². The Morgan fingerprint density at radius 3 is 2.38 bits per heavy atom. The lowest BCUT2D eigenvalue weighted by molar-refractivity contribution is -0.120. The summed E-state index contributed by atoms with van der Waals surface area (Å²) in [6.07, 6.45) is 4.27. The summed E-state index contributed by atoms with van der Waals surface area (Å²) >= 11 is 0. The molecule has 34 heavy (non-hydrogen) atoms. The minimum Gasteiger partial charge on any atom is -0.381 e. The van der Waals surface area contributed by atoms with Crippen molar-refractivity contribution in [1.29, 1.82) is 0 Å². The van der Waals surface area contributed by atoms with Crippen LogP contribution in [0.3, 0.4) is 0 Å². The maximum absolute atomic E-state index is 14.3. The van der Waals surface area contributed by atoms with Crippen LogP contribution in [0, 0.1) is 17.6 Å². The largest absolute Gasteiger partial charge is 0.381 e. The van der Waals surface area contributed by atoms with Crippen molar-refractivity contribution < 1.29 is 18.3 Å². The van der Waals surface area contributed by atoms with Gasteiger partial charge in [-0.2, -0.15) is 0 Å². The monoisotopic (exact) mass is 472 g/mol. The maximum Gasteiger partial charge on any atom is 0.241 e. The zero-order valence-electron chi connectivity index (χ0n) is 20.7. The molecule has 1 heterocycles. The number of rotatable bonds is 11. The Morgan fingerprint density at radius 2 is 1.74 bits per heavy atom. The number of amides is 1. The second-order valence-electron chi connectivity index (χ2n) is 9.23. The molecule has 2 aromatic rings. The lowest BCUT2D eigenvalue weighted by Gasteiger charge is -2.33. The fraction of sp³-hybridized carbons (Fsp3) is 0.536. The topological polar surface area (TPSA) is 32.8 Å². The van der Waals surface area contributed by atoms with E-state index in [1.807, 2.05) is 13.8 Å². The van der Waals surface area contributed by atoms with Crippen molar-refractivity contribution in [2.75, 3.05) is 44.3 Å². The molecule has 6 heteroatoms. The van der Waals surface area contributed by atoms with Crippen molar-refractivity contribution in [2.45, 2.75) is 52.4 Å². The zero-order valence-corrected chi connectivity index (χ0v) is 20.7. The molecule has 0 N–H and O–H groups in total. The molecule has 1 aliphatic heterocycles. The standard InChI is InChI=1S/C28H38F2N2O2/c1-4-17-34-18-14-22-12-15-31(16-13-22)20-28(33)32(5-2)27-19-25(30)10-11-26(27)21(3)23-6-8-24(29)9-7-23/h6-11,19,21-22H,4-5,12-18,20H2,1-3H3. The van der Waals surface area contributed by atoms with Gasteiger partial charge < -0.3 is 9.64 Å². The zero-order chi connectivity index (χ0) is 24.5. The molecule has 0 spiro atoms. The molecule has 1 amide bonds. The van der Waals surface area contributed by atoms with Crippen molar-refractivity contribution in [3.63, 3.8) is 0 Å². The summed E-state index contributed by atoms with van der Waals surface area (Å²) in [5.74, 6) is -0.147. The van der Waals surface area contributed by atoms with E-state index in [4.69, 9.17) is 4.74 Å². The van der Waals surface area contributed by atoms with Crippen LogP contribution in [0.25, 0.3) is 0 Å². The van der Waals surface area contributed by atoms with E-state index >= 15 is 0 Å². The first-order valence-corrected chi connectivity index (χ1v) is 12.6. The van der Waals surface area contributed by atoms with Gasteiger partial charge >= 0.3 is 0 Å². The highest BCUT2D eigenvalue weighted by Crippen LogP contribution is 2.33. The molecule has 1 fully saturated rings. The molecule has 0 aliphatic carbocycles. The van der Waals surface area contributed by atoms with Crippen LogP contribution in [0.15, 0.2) is 42.5 Å². The Balaban J connectivity index is 1.66. The number of hydrogen-bond donors (Lipinski definition) is 0. The Kier molecular flexibility index (Phi) is 10.0. The highest BCUT2D eigenvalue weighted by molar-refractivity contribution is 5.95. The van der Waals surface area contributed by atoms with Crippen LogP contribution in [-0.4, -0.2) is 50.2 Å². The Hall–Kier alpha value is -2.31. The number of anilines is 1. The molecule has 0 saturated carbocycles. The minimum absolute atomic E-state index is 0.0228. The van der Waals surface area contributed by atoms with Crippen LogP contribution in [0.2, 0.25) is 0 Å². The molecule has 186 valence electrons. The molecule has 3 rings (SSSR count). The van der Waals surface area contributed by atoms with Crippen LogP contribution < -0.4 is 4.90 Å². The van der Waals surface area contributed by atoms with Gasteiger partial charge in [-0.15, -0.1) is 0 Å². The summed E-state index contributed by atoms with van der Waals surface area (Å²) in [5.41, 5.74) is 2.36. The van der Waals surface area contributed by atoms with Crippen LogP contribution in [0.5, 0.6) is 0 Å². The van der Waals surface area contributed by atoms with Gasteiger partial charge in [0.25, 0.3) is 0 Å². The molecule has 4 nitrogen and oxygen atoms in total. The smallest absolute Gasteiger partial charge is 0.241 e. The predicted octanol–water partition coefficient (Wildman–Crippen LogP) is 6.00. The Labute approximate surface area is 202 Å². The van der Waals surface area contributed by atoms with Gasteiger partial charge in [0, 0.05) is 25.7 Å². The highest BCUT2D eigenvalue weighted by atomic mass is 19.1. The van der Waals surface area contributed by atoms with E-state index in [1.54, 1.807) is 23.1 Å². The van der Waals surface area contributed by atoms with Gasteiger partial charge in [0.15, 0.2) is 0 Å². The number of benzene rings is 2. The average Bonchev–Trinajstić information content (AvgIpc) is 2.83. The van der Waals surface area contributed by atoms with Crippen LogP contribution in [0.1, 0.15) is 63.5 Å². The number of piperidine rings is 1.